The minimum atomic E-state index is -0.383. The fourth-order valence-corrected chi connectivity index (χ4v) is 3.09. The van der Waals surface area contributed by atoms with Gasteiger partial charge in [0.1, 0.15) is 18.2 Å². The molecule has 0 bridgehead atoms. The summed E-state index contributed by atoms with van der Waals surface area (Å²) in [6, 6.07) is 13.5. The highest BCUT2D eigenvalue weighted by atomic mass is 32.2. The molecule has 5 nitrogen and oxygen atoms in total. The standard InChI is InChI=1S/C20H17FN2O3S/c1-2-18(24)22-20-23-19(25)17(27-20)11-13-7-9-15(10-8-13)26-12-14-5-3-4-6-16(14)21/h3-11H,2,12H2,1H3,(H,22,23,24,25)/b17-11-. The van der Waals surface area contributed by atoms with Gasteiger partial charge in [-0.2, -0.15) is 4.99 Å². The van der Waals surface area contributed by atoms with E-state index in [4.69, 9.17) is 4.74 Å². The molecule has 7 heteroatoms. The number of halogens is 1. The first-order valence-corrected chi connectivity index (χ1v) is 9.15. The van der Waals surface area contributed by atoms with E-state index in [0.717, 1.165) is 17.3 Å². The zero-order valence-electron chi connectivity index (χ0n) is 14.6. The van der Waals surface area contributed by atoms with Crippen molar-refractivity contribution in [3.63, 3.8) is 0 Å². The minimum Gasteiger partial charge on any atom is -0.489 e. The van der Waals surface area contributed by atoms with Crippen molar-refractivity contribution in [2.75, 3.05) is 0 Å². The molecule has 0 aromatic heterocycles. The fraction of sp³-hybridized carbons (Fsp3) is 0.150. The first-order valence-electron chi connectivity index (χ1n) is 8.34. The number of hydrogen-bond donors (Lipinski definition) is 1. The summed E-state index contributed by atoms with van der Waals surface area (Å²) in [5.41, 5.74) is 1.28. The average molecular weight is 384 g/mol. The third-order valence-corrected chi connectivity index (χ3v) is 4.62. The lowest BCUT2D eigenvalue weighted by Crippen LogP contribution is -2.26. The Morgan fingerprint density at radius 2 is 1.96 bits per heavy atom. The highest BCUT2D eigenvalue weighted by molar-refractivity contribution is 8.18. The summed E-state index contributed by atoms with van der Waals surface area (Å²) < 4.78 is 19.2. The first-order chi connectivity index (χ1) is 13.0. The van der Waals surface area contributed by atoms with Gasteiger partial charge >= 0.3 is 0 Å². The van der Waals surface area contributed by atoms with Crippen molar-refractivity contribution in [2.45, 2.75) is 20.0 Å². The van der Waals surface area contributed by atoms with Crippen LogP contribution >= 0.6 is 11.8 Å². The Balaban J connectivity index is 1.61. The zero-order valence-corrected chi connectivity index (χ0v) is 15.4. The number of carbonyl (C=O) groups is 2. The van der Waals surface area contributed by atoms with Crippen molar-refractivity contribution < 1.29 is 18.7 Å². The van der Waals surface area contributed by atoms with E-state index in [0.29, 0.717) is 27.8 Å². The molecule has 0 radical (unpaired) electrons. The number of nitrogens with one attached hydrogen (secondary N) is 1. The van der Waals surface area contributed by atoms with Gasteiger partial charge in [0.25, 0.3) is 5.91 Å². The van der Waals surface area contributed by atoms with Gasteiger partial charge < -0.3 is 10.1 Å². The maximum Gasteiger partial charge on any atom is 0.286 e. The molecule has 1 aliphatic rings. The number of rotatable bonds is 5. The Morgan fingerprint density at radius 3 is 2.67 bits per heavy atom. The predicted octanol–water partition coefficient (Wildman–Crippen LogP) is 3.90. The van der Waals surface area contributed by atoms with Gasteiger partial charge in [-0.25, -0.2) is 4.39 Å². The summed E-state index contributed by atoms with van der Waals surface area (Å²) in [6.07, 6.45) is 2.02. The largest absolute Gasteiger partial charge is 0.489 e. The van der Waals surface area contributed by atoms with Gasteiger partial charge in [0.2, 0.25) is 5.91 Å². The van der Waals surface area contributed by atoms with Crippen LogP contribution in [-0.2, 0) is 16.2 Å². The van der Waals surface area contributed by atoms with Crippen LogP contribution in [0.2, 0.25) is 0 Å². The molecule has 0 atom stereocenters. The molecule has 1 aliphatic heterocycles. The Hall–Kier alpha value is -2.93. The summed E-state index contributed by atoms with van der Waals surface area (Å²) >= 11 is 1.13. The number of thioether (sulfide) groups is 1. The summed E-state index contributed by atoms with van der Waals surface area (Å²) in [5, 5.41) is 2.88. The zero-order chi connectivity index (χ0) is 19.2. The van der Waals surface area contributed by atoms with Crippen molar-refractivity contribution in [1.29, 1.82) is 0 Å². The minimum absolute atomic E-state index is 0.135. The van der Waals surface area contributed by atoms with Crippen LogP contribution in [0.1, 0.15) is 24.5 Å². The van der Waals surface area contributed by atoms with E-state index in [9.17, 15) is 14.0 Å². The van der Waals surface area contributed by atoms with Crippen LogP contribution in [0.15, 0.2) is 58.4 Å². The van der Waals surface area contributed by atoms with Crippen LogP contribution in [0.3, 0.4) is 0 Å². The number of ether oxygens (including phenoxy) is 1. The highest BCUT2D eigenvalue weighted by Gasteiger charge is 2.22. The highest BCUT2D eigenvalue weighted by Crippen LogP contribution is 2.28. The molecule has 0 saturated heterocycles. The van der Waals surface area contributed by atoms with Crippen molar-refractivity contribution in [2.24, 2.45) is 4.99 Å². The number of nitrogens with zero attached hydrogens (tertiary/aromatic N) is 1. The fourth-order valence-electron chi connectivity index (χ4n) is 2.26. The van der Waals surface area contributed by atoms with Crippen molar-refractivity contribution >= 4 is 34.8 Å². The molecular weight excluding hydrogens is 367 g/mol. The quantitative estimate of drug-likeness (QED) is 0.794. The third-order valence-electron chi connectivity index (χ3n) is 3.72. The van der Waals surface area contributed by atoms with E-state index in [2.05, 4.69) is 10.3 Å². The van der Waals surface area contributed by atoms with Gasteiger partial charge in [-0.15, -0.1) is 0 Å². The summed E-state index contributed by atoms with van der Waals surface area (Å²) in [4.78, 5) is 27.6. The van der Waals surface area contributed by atoms with E-state index in [-0.39, 0.29) is 24.2 Å². The molecule has 1 N–H and O–H groups in total. The van der Waals surface area contributed by atoms with Gasteiger partial charge in [-0.3, -0.25) is 9.59 Å². The van der Waals surface area contributed by atoms with Crippen molar-refractivity contribution in [3.8, 4) is 5.75 Å². The molecule has 27 heavy (non-hydrogen) atoms. The van der Waals surface area contributed by atoms with Crippen LogP contribution in [0.5, 0.6) is 5.75 Å². The van der Waals surface area contributed by atoms with Gasteiger partial charge in [-0.05, 0) is 41.6 Å². The van der Waals surface area contributed by atoms with Crippen LogP contribution in [0, 0.1) is 5.82 Å². The number of hydrogen-bond acceptors (Lipinski definition) is 4. The number of benzene rings is 2. The second kappa shape index (κ2) is 8.64. The number of amides is 2. The van der Waals surface area contributed by atoms with Crippen LogP contribution in [-0.4, -0.2) is 17.0 Å². The Morgan fingerprint density at radius 1 is 1.22 bits per heavy atom. The second-order valence-corrected chi connectivity index (χ2v) is 6.71. The third kappa shape index (κ3) is 5.04. The maximum absolute atomic E-state index is 13.6. The lowest BCUT2D eigenvalue weighted by atomic mass is 10.2. The van der Waals surface area contributed by atoms with Crippen LogP contribution in [0.4, 0.5) is 4.39 Å². The molecule has 0 spiro atoms. The molecule has 0 unspecified atom stereocenters. The topological polar surface area (TPSA) is 67.8 Å². The lowest BCUT2D eigenvalue weighted by Gasteiger charge is -2.07. The predicted molar refractivity (Wildman–Crippen MR) is 104 cm³/mol. The Kier molecular flexibility index (Phi) is 6.03. The van der Waals surface area contributed by atoms with E-state index in [1.54, 1.807) is 55.5 Å². The number of carbonyl (C=O) groups excluding carboxylic acids is 2. The monoisotopic (exact) mass is 384 g/mol. The molecule has 1 heterocycles. The van der Waals surface area contributed by atoms with E-state index < -0.39 is 0 Å². The smallest absolute Gasteiger partial charge is 0.286 e. The molecule has 0 fully saturated rings. The molecule has 0 aliphatic carbocycles. The van der Waals surface area contributed by atoms with Gasteiger partial charge in [0.05, 0.1) is 4.91 Å². The molecule has 138 valence electrons. The SMILES string of the molecule is CCC(=O)NC1=NC(=O)/C(=C/c2ccc(OCc3ccccc3F)cc2)S1. The van der Waals surface area contributed by atoms with Gasteiger partial charge in [0, 0.05) is 12.0 Å². The molecule has 2 aromatic rings. The first kappa shape index (κ1) is 18.8. The normalized spacial score (nSPS) is 15.0. The number of aliphatic imine (C=N–C) groups is 1. The van der Waals surface area contributed by atoms with Crippen molar-refractivity contribution in [1.82, 2.24) is 5.32 Å². The molecular formula is C20H17FN2O3S. The van der Waals surface area contributed by atoms with Crippen LogP contribution < -0.4 is 10.1 Å². The Labute approximate surface area is 160 Å². The molecule has 3 rings (SSSR count). The summed E-state index contributed by atoms with van der Waals surface area (Å²) in [6.45, 7) is 1.86. The number of amidine groups is 1. The second-order valence-electron chi connectivity index (χ2n) is 5.68. The summed E-state index contributed by atoms with van der Waals surface area (Å²) in [5.74, 6) is -0.280. The molecule has 2 aromatic carbocycles. The van der Waals surface area contributed by atoms with Gasteiger partial charge in [-0.1, -0.05) is 37.3 Å². The van der Waals surface area contributed by atoms with Crippen molar-refractivity contribution in [3.05, 3.63) is 70.4 Å². The van der Waals surface area contributed by atoms with E-state index in [1.807, 2.05) is 0 Å². The average Bonchev–Trinajstić information content (AvgIpc) is 3.01. The lowest BCUT2D eigenvalue weighted by molar-refractivity contribution is -0.119. The van der Waals surface area contributed by atoms with E-state index >= 15 is 0 Å². The molecule has 2 amide bonds. The van der Waals surface area contributed by atoms with Gasteiger partial charge in [0.15, 0.2) is 5.17 Å². The Bertz CT molecular complexity index is 923. The molecule has 0 saturated carbocycles. The maximum atomic E-state index is 13.6. The van der Waals surface area contributed by atoms with Crippen LogP contribution in [0.25, 0.3) is 6.08 Å². The summed E-state index contributed by atoms with van der Waals surface area (Å²) in [7, 11) is 0. The van der Waals surface area contributed by atoms with E-state index in [1.165, 1.54) is 6.07 Å².